The lowest BCUT2D eigenvalue weighted by Gasteiger charge is -2.24. The first-order chi connectivity index (χ1) is 10.5. The second kappa shape index (κ2) is 4.85. The molecule has 0 aliphatic carbocycles. The van der Waals surface area contributed by atoms with Gasteiger partial charge in [0, 0.05) is 43.0 Å². The highest BCUT2D eigenvalue weighted by molar-refractivity contribution is 7.88. The number of pyridine rings is 1. The third kappa shape index (κ3) is 2.14. The number of fused-ring (bicyclic) bond motifs is 3. The van der Waals surface area contributed by atoms with Crippen LogP contribution in [-0.4, -0.2) is 50.8 Å². The normalized spacial score (nSPS) is 25.0. The van der Waals surface area contributed by atoms with Crippen molar-refractivity contribution in [3.05, 3.63) is 30.4 Å². The Morgan fingerprint density at radius 1 is 1.23 bits per heavy atom. The summed E-state index contributed by atoms with van der Waals surface area (Å²) in [5.41, 5.74) is 0.907. The van der Waals surface area contributed by atoms with Crippen LogP contribution in [0.3, 0.4) is 0 Å². The monoisotopic (exact) mass is 319 g/mol. The number of aromatic nitrogens is 4. The number of hydrogen-bond acceptors (Lipinski definition) is 5. The van der Waals surface area contributed by atoms with Crippen molar-refractivity contribution in [3.63, 3.8) is 0 Å². The molecular formula is C14H17N5O2S. The molecule has 0 N–H and O–H groups in total. The minimum Gasteiger partial charge on any atom is -0.309 e. The SMILES string of the molecule is CS(=O)(=O)N1C2CCC1Cn1c(nnc1-c1cccnc1)C2. The van der Waals surface area contributed by atoms with E-state index in [1.54, 1.807) is 16.7 Å². The number of rotatable bonds is 2. The number of nitrogens with zero attached hydrogens (tertiary/aromatic N) is 5. The van der Waals surface area contributed by atoms with E-state index in [0.29, 0.717) is 13.0 Å². The van der Waals surface area contributed by atoms with Crippen LogP contribution in [0.25, 0.3) is 11.4 Å². The molecule has 1 fully saturated rings. The molecule has 8 heteroatoms. The van der Waals surface area contributed by atoms with Crippen LogP contribution < -0.4 is 0 Å². The van der Waals surface area contributed by atoms with Crippen LogP contribution in [0.4, 0.5) is 0 Å². The molecule has 2 aliphatic rings. The van der Waals surface area contributed by atoms with Crippen LogP contribution in [-0.2, 0) is 23.0 Å². The predicted octanol–water partition coefficient (Wildman–Crippen LogP) is 0.689. The topological polar surface area (TPSA) is 81.0 Å². The molecule has 2 aliphatic heterocycles. The van der Waals surface area contributed by atoms with Crippen LogP contribution in [0.15, 0.2) is 24.5 Å². The van der Waals surface area contributed by atoms with Crippen molar-refractivity contribution < 1.29 is 8.42 Å². The summed E-state index contributed by atoms with van der Waals surface area (Å²) in [6.45, 7) is 0.607. The minimum absolute atomic E-state index is 0.00667. The third-order valence-electron chi connectivity index (χ3n) is 4.49. The second-order valence-corrected chi connectivity index (χ2v) is 7.86. The van der Waals surface area contributed by atoms with E-state index >= 15 is 0 Å². The Morgan fingerprint density at radius 2 is 2.05 bits per heavy atom. The fraction of sp³-hybridized carbons (Fsp3) is 0.500. The van der Waals surface area contributed by atoms with Gasteiger partial charge in [-0.2, -0.15) is 4.31 Å². The van der Waals surface area contributed by atoms with Gasteiger partial charge in [0.25, 0.3) is 0 Å². The summed E-state index contributed by atoms with van der Waals surface area (Å²) in [6, 6.07) is 3.81. The van der Waals surface area contributed by atoms with Gasteiger partial charge in [0.15, 0.2) is 5.82 Å². The molecule has 4 rings (SSSR count). The molecule has 2 atom stereocenters. The van der Waals surface area contributed by atoms with Crippen molar-refractivity contribution in [2.24, 2.45) is 0 Å². The van der Waals surface area contributed by atoms with Crippen molar-refractivity contribution in [1.29, 1.82) is 0 Å². The van der Waals surface area contributed by atoms with Crippen LogP contribution in [0.5, 0.6) is 0 Å². The Balaban J connectivity index is 1.77. The maximum absolute atomic E-state index is 12.1. The summed E-state index contributed by atoms with van der Waals surface area (Å²) < 4.78 is 27.9. The van der Waals surface area contributed by atoms with Gasteiger partial charge in [0.05, 0.1) is 6.26 Å². The van der Waals surface area contributed by atoms with E-state index < -0.39 is 10.0 Å². The lowest BCUT2D eigenvalue weighted by atomic mass is 10.1. The van der Waals surface area contributed by atoms with E-state index in [-0.39, 0.29) is 12.1 Å². The lowest BCUT2D eigenvalue weighted by molar-refractivity contribution is 0.318. The standard InChI is InChI=1S/C14H17N5O2S/c1-22(20,21)19-11-4-5-12(19)9-18-13(7-11)16-17-14(18)10-3-2-6-15-8-10/h2-3,6,8,11-12H,4-5,7,9H2,1H3. The van der Waals surface area contributed by atoms with Gasteiger partial charge in [-0.3, -0.25) is 4.98 Å². The van der Waals surface area contributed by atoms with Crippen molar-refractivity contribution in [1.82, 2.24) is 24.1 Å². The smallest absolute Gasteiger partial charge is 0.211 e. The molecule has 1 saturated heterocycles. The van der Waals surface area contributed by atoms with Gasteiger partial charge in [0.2, 0.25) is 10.0 Å². The summed E-state index contributed by atoms with van der Waals surface area (Å²) in [5, 5.41) is 8.59. The Labute approximate surface area is 129 Å². The van der Waals surface area contributed by atoms with Gasteiger partial charge >= 0.3 is 0 Å². The first kappa shape index (κ1) is 13.8. The molecule has 0 amide bonds. The van der Waals surface area contributed by atoms with Crippen LogP contribution in [0.2, 0.25) is 0 Å². The average Bonchev–Trinajstić information content (AvgIpc) is 3.00. The predicted molar refractivity (Wildman–Crippen MR) is 80.4 cm³/mol. The Hall–Kier alpha value is -1.80. The minimum atomic E-state index is -3.20. The van der Waals surface area contributed by atoms with Crippen molar-refractivity contribution >= 4 is 10.0 Å². The molecule has 2 bridgehead atoms. The van der Waals surface area contributed by atoms with E-state index in [0.717, 1.165) is 30.1 Å². The van der Waals surface area contributed by atoms with Gasteiger partial charge in [-0.25, -0.2) is 8.42 Å². The zero-order chi connectivity index (χ0) is 15.3. The molecule has 0 radical (unpaired) electrons. The zero-order valence-electron chi connectivity index (χ0n) is 12.3. The molecule has 4 heterocycles. The first-order valence-corrected chi connectivity index (χ1v) is 9.20. The van der Waals surface area contributed by atoms with E-state index in [1.807, 2.05) is 12.1 Å². The van der Waals surface area contributed by atoms with Crippen molar-refractivity contribution in [2.45, 2.75) is 37.9 Å². The third-order valence-corrected chi connectivity index (χ3v) is 5.86. The Bertz CT molecular complexity index is 802. The van der Waals surface area contributed by atoms with E-state index in [9.17, 15) is 8.42 Å². The maximum atomic E-state index is 12.1. The zero-order valence-corrected chi connectivity index (χ0v) is 13.1. The molecular weight excluding hydrogens is 302 g/mol. The van der Waals surface area contributed by atoms with Gasteiger partial charge in [-0.05, 0) is 25.0 Å². The molecule has 0 spiro atoms. The van der Waals surface area contributed by atoms with Gasteiger partial charge in [-0.15, -0.1) is 10.2 Å². The molecule has 2 unspecified atom stereocenters. The second-order valence-electron chi connectivity index (χ2n) is 5.97. The number of hydrogen-bond donors (Lipinski definition) is 0. The molecule has 7 nitrogen and oxygen atoms in total. The molecule has 22 heavy (non-hydrogen) atoms. The first-order valence-electron chi connectivity index (χ1n) is 7.35. The number of sulfonamides is 1. The molecule has 0 aromatic carbocycles. The Kier molecular flexibility index (Phi) is 3.05. The summed E-state index contributed by atoms with van der Waals surface area (Å²) >= 11 is 0. The molecule has 0 saturated carbocycles. The van der Waals surface area contributed by atoms with E-state index in [4.69, 9.17) is 0 Å². The van der Waals surface area contributed by atoms with Gasteiger partial charge in [0.1, 0.15) is 5.82 Å². The molecule has 2 aromatic rings. The van der Waals surface area contributed by atoms with Gasteiger partial charge < -0.3 is 4.57 Å². The van der Waals surface area contributed by atoms with Crippen LogP contribution in [0, 0.1) is 0 Å². The van der Waals surface area contributed by atoms with Crippen molar-refractivity contribution in [3.8, 4) is 11.4 Å². The molecule has 2 aromatic heterocycles. The fourth-order valence-electron chi connectivity index (χ4n) is 3.65. The average molecular weight is 319 g/mol. The highest BCUT2D eigenvalue weighted by Crippen LogP contribution is 2.34. The summed E-state index contributed by atoms with van der Waals surface area (Å²) in [6.07, 6.45) is 7.18. The maximum Gasteiger partial charge on any atom is 0.211 e. The summed E-state index contributed by atoms with van der Waals surface area (Å²) in [7, 11) is -3.20. The lowest BCUT2D eigenvalue weighted by Crippen LogP contribution is -2.41. The van der Waals surface area contributed by atoms with Crippen LogP contribution in [0.1, 0.15) is 18.7 Å². The van der Waals surface area contributed by atoms with E-state index in [2.05, 4.69) is 19.7 Å². The fourth-order valence-corrected chi connectivity index (χ4v) is 5.09. The quantitative estimate of drug-likeness (QED) is 0.813. The highest BCUT2D eigenvalue weighted by atomic mass is 32.2. The summed E-state index contributed by atoms with van der Waals surface area (Å²) in [5.74, 6) is 1.63. The van der Waals surface area contributed by atoms with Crippen molar-refractivity contribution in [2.75, 3.05) is 6.26 Å². The molecule has 116 valence electrons. The highest BCUT2D eigenvalue weighted by Gasteiger charge is 2.43. The Morgan fingerprint density at radius 3 is 2.77 bits per heavy atom. The van der Waals surface area contributed by atoms with Gasteiger partial charge in [-0.1, -0.05) is 0 Å². The largest absolute Gasteiger partial charge is 0.309 e. The summed E-state index contributed by atoms with van der Waals surface area (Å²) in [4.78, 5) is 4.13. The van der Waals surface area contributed by atoms with Crippen LogP contribution >= 0.6 is 0 Å². The van der Waals surface area contributed by atoms with E-state index in [1.165, 1.54) is 6.26 Å².